The minimum absolute atomic E-state index is 0.346. The van der Waals surface area contributed by atoms with E-state index in [9.17, 15) is 4.79 Å². The fourth-order valence-corrected chi connectivity index (χ4v) is 2.96. The van der Waals surface area contributed by atoms with Crippen molar-refractivity contribution in [2.24, 2.45) is 0 Å². The Kier molecular flexibility index (Phi) is 5.28. The smallest absolute Gasteiger partial charge is 0.340 e. The number of hydrogen-bond donors (Lipinski definition) is 1. The van der Waals surface area contributed by atoms with E-state index in [-0.39, 0.29) is 5.97 Å². The van der Waals surface area contributed by atoms with Gasteiger partial charge in [0.25, 0.3) is 0 Å². The molecule has 2 rings (SSSR count). The minimum Gasteiger partial charge on any atom is -0.462 e. The molecule has 0 saturated heterocycles. The van der Waals surface area contributed by atoms with E-state index in [1.807, 2.05) is 18.2 Å². The highest BCUT2D eigenvalue weighted by Crippen LogP contribution is 2.27. The molecule has 110 valence electrons. The second-order valence-electron chi connectivity index (χ2n) is 4.68. The SMILES string of the molecule is CCOC(=O)c1cc(SCc2ccccc2C)ccc1N. The second-order valence-corrected chi connectivity index (χ2v) is 5.73. The Morgan fingerprint density at radius 3 is 2.71 bits per heavy atom. The van der Waals surface area contributed by atoms with Crippen molar-refractivity contribution in [2.75, 3.05) is 12.3 Å². The van der Waals surface area contributed by atoms with Gasteiger partial charge in [0, 0.05) is 16.3 Å². The van der Waals surface area contributed by atoms with Gasteiger partial charge in [-0.3, -0.25) is 0 Å². The number of aryl methyl sites for hydroxylation is 1. The van der Waals surface area contributed by atoms with Crippen LogP contribution in [0.15, 0.2) is 47.4 Å². The van der Waals surface area contributed by atoms with Crippen LogP contribution in [0, 0.1) is 6.92 Å². The molecule has 2 aromatic carbocycles. The van der Waals surface area contributed by atoms with Gasteiger partial charge in [0.15, 0.2) is 0 Å². The maximum Gasteiger partial charge on any atom is 0.340 e. The van der Waals surface area contributed by atoms with E-state index >= 15 is 0 Å². The predicted octanol–water partition coefficient (Wildman–Crippen LogP) is 4.05. The summed E-state index contributed by atoms with van der Waals surface area (Å²) in [5, 5.41) is 0. The molecule has 0 radical (unpaired) electrons. The van der Waals surface area contributed by atoms with Crippen molar-refractivity contribution in [3.63, 3.8) is 0 Å². The number of benzene rings is 2. The van der Waals surface area contributed by atoms with Crippen LogP contribution in [0.25, 0.3) is 0 Å². The van der Waals surface area contributed by atoms with Crippen molar-refractivity contribution in [1.82, 2.24) is 0 Å². The number of nitrogen functional groups attached to an aromatic ring is 1. The zero-order chi connectivity index (χ0) is 15.2. The third kappa shape index (κ3) is 4.02. The largest absolute Gasteiger partial charge is 0.462 e. The molecule has 0 unspecified atom stereocenters. The number of carbonyl (C=O) groups excluding carboxylic acids is 1. The summed E-state index contributed by atoms with van der Waals surface area (Å²) in [5.74, 6) is 0.493. The maximum absolute atomic E-state index is 11.8. The number of thioether (sulfide) groups is 1. The van der Waals surface area contributed by atoms with Gasteiger partial charge in [-0.15, -0.1) is 11.8 Å². The highest BCUT2D eigenvalue weighted by Gasteiger charge is 2.12. The lowest BCUT2D eigenvalue weighted by Crippen LogP contribution is -2.08. The molecule has 3 nitrogen and oxygen atoms in total. The van der Waals surface area contributed by atoms with Crippen LogP contribution in [0.4, 0.5) is 5.69 Å². The van der Waals surface area contributed by atoms with Crippen LogP contribution in [0.2, 0.25) is 0 Å². The molecule has 0 fully saturated rings. The normalized spacial score (nSPS) is 10.4. The number of hydrogen-bond acceptors (Lipinski definition) is 4. The van der Waals surface area contributed by atoms with Crippen molar-refractivity contribution in [3.05, 3.63) is 59.2 Å². The van der Waals surface area contributed by atoms with E-state index in [0.717, 1.165) is 10.6 Å². The maximum atomic E-state index is 11.8. The van der Waals surface area contributed by atoms with Gasteiger partial charge in [0.05, 0.1) is 12.2 Å². The highest BCUT2D eigenvalue weighted by molar-refractivity contribution is 7.98. The van der Waals surface area contributed by atoms with Gasteiger partial charge < -0.3 is 10.5 Å². The minimum atomic E-state index is -0.367. The molecule has 0 amide bonds. The molecule has 0 aliphatic rings. The Morgan fingerprint density at radius 1 is 1.24 bits per heavy atom. The van der Waals surface area contributed by atoms with Gasteiger partial charge in [-0.1, -0.05) is 24.3 Å². The molecule has 0 aliphatic heterocycles. The van der Waals surface area contributed by atoms with Crippen LogP contribution in [-0.4, -0.2) is 12.6 Å². The van der Waals surface area contributed by atoms with Crippen LogP contribution >= 0.6 is 11.8 Å². The first-order valence-corrected chi connectivity index (χ1v) is 7.84. The number of nitrogens with two attached hydrogens (primary N) is 1. The van der Waals surface area contributed by atoms with E-state index in [1.165, 1.54) is 11.1 Å². The zero-order valence-corrected chi connectivity index (χ0v) is 13.1. The third-order valence-corrected chi connectivity index (χ3v) is 4.22. The van der Waals surface area contributed by atoms with Crippen LogP contribution in [0.5, 0.6) is 0 Å². The molecule has 4 heteroatoms. The zero-order valence-electron chi connectivity index (χ0n) is 12.3. The molecule has 0 aliphatic carbocycles. The number of esters is 1. The Balaban J connectivity index is 2.12. The quantitative estimate of drug-likeness (QED) is 0.514. The molecular weight excluding hydrogens is 282 g/mol. The van der Waals surface area contributed by atoms with Gasteiger partial charge in [0.2, 0.25) is 0 Å². The van der Waals surface area contributed by atoms with Crippen molar-refractivity contribution >= 4 is 23.4 Å². The average molecular weight is 301 g/mol. The fraction of sp³-hybridized carbons (Fsp3) is 0.235. The van der Waals surface area contributed by atoms with E-state index in [4.69, 9.17) is 10.5 Å². The molecule has 0 saturated carbocycles. The fourth-order valence-electron chi connectivity index (χ4n) is 1.94. The lowest BCUT2D eigenvalue weighted by atomic mass is 10.1. The molecule has 0 spiro atoms. The summed E-state index contributed by atoms with van der Waals surface area (Å²) in [6.07, 6.45) is 0. The molecule has 0 atom stereocenters. The van der Waals surface area contributed by atoms with E-state index in [2.05, 4.69) is 19.1 Å². The summed E-state index contributed by atoms with van der Waals surface area (Å²) in [4.78, 5) is 12.8. The first-order valence-electron chi connectivity index (χ1n) is 6.85. The molecule has 0 heterocycles. The molecule has 21 heavy (non-hydrogen) atoms. The van der Waals surface area contributed by atoms with Crippen LogP contribution in [0.1, 0.15) is 28.4 Å². The molecule has 2 N–H and O–H groups in total. The summed E-state index contributed by atoms with van der Waals surface area (Å²) in [6, 6.07) is 13.8. The monoisotopic (exact) mass is 301 g/mol. The van der Waals surface area contributed by atoms with Gasteiger partial charge in [0.1, 0.15) is 0 Å². The van der Waals surface area contributed by atoms with Crippen LogP contribution < -0.4 is 5.73 Å². The first kappa shape index (κ1) is 15.4. The molecular formula is C17H19NO2S. The topological polar surface area (TPSA) is 52.3 Å². The average Bonchev–Trinajstić information content (AvgIpc) is 2.48. The van der Waals surface area contributed by atoms with Gasteiger partial charge in [-0.25, -0.2) is 4.79 Å². The van der Waals surface area contributed by atoms with Crippen molar-refractivity contribution in [1.29, 1.82) is 0 Å². The van der Waals surface area contributed by atoms with E-state index in [0.29, 0.717) is 17.9 Å². The Morgan fingerprint density at radius 2 is 2.00 bits per heavy atom. The highest BCUT2D eigenvalue weighted by atomic mass is 32.2. The summed E-state index contributed by atoms with van der Waals surface area (Å²) in [5.41, 5.74) is 9.29. The lowest BCUT2D eigenvalue weighted by Gasteiger charge is -2.09. The Bertz CT molecular complexity index is 640. The number of carbonyl (C=O) groups is 1. The first-order chi connectivity index (χ1) is 10.1. The summed E-state index contributed by atoms with van der Waals surface area (Å²) >= 11 is 1.68. The number of anilines is 1. The standard InChI is InChI=1S/C17H19NO2S/c1-3-20-17(19)15-10-14(8-9-16(15)18)21-11-13-7-5-4-6-12(13)2/h4-10H,3,11,18H2,1-2H3. The van der Waals surface area contributed by atoms with E-state index < -0.39 is 0 Å². The van der Waals surface area contributed by atoms with Crippen molar-refractivity contribution in [2.45, 2.75) is 24.5 Å². The predicted molar refractivity (Wildman–Crippen MR) is 87.6 cm³/mol. The van der Waals surface area contributed by atoms with Gasteiger partial charge >= 0.3 is 5.97 Å². The van der Waals surface area contributed by atoms with Crippen LogP contribution in [-0.2, 0) is 10.5 Å². The number of ether oxygens (including phenoxy) is 1. The lowest BCUT2D eigenvalue weighted by molar-refractivity contribution is 0.0527. The second kappa shape index (κ2) is 7.18. The summed E-state index contributed by atoms with van der Waals surface area (Å²) < 4.78 is 5.02. The Hall–Kier alpha value is -1.94. The van der Waals surface area contributed by atoms with E-state index in [1.54, 1.807) is 30.8 Å². The van der Waals surface area contributed by atoms with Crippen molar-refractivity contribution in [3.8, 4) is 0 Å². The number of rotatable bonds is 5. The Labute approximate surface area is 129 Å². The van der Waals surface area contributed by atoms with Gasteiger partial charge in [-0.05, 0) is 43.2 Å². The summed E-state index contributed by atoms with van der Waals surface area (Å²) in [6.45, 7) is 4.23. The third-order valence-electron chi connectivity index (χ3n) is 3.18. The van der Waals surface area contributed by atoms with Gasteiger partial charge in [-0.2, -0.15) is 0 Å². The molecule has 2 aromatic rings. The van der Waals surface area contributed by atoms with Crippen LogP contribution in [0.3, 0.4) is 0 Å². The summed E-state index contributed by atoms with van der Waals surface area (Å²) in [7, 11) is 0. The molecule has 0 bridgehead atoms. The molecule has 0 aromatic heterocycles. The van der Waals surface area contributed by atoms with Crippen molar-refractivity contribution < 1.29 is 9.53 Å².